The summed E-state index contributed by atoms with van der Waals surface area (Å²) >= 11 is 1.58. The summed E-state index contributed by atoms with van der Waals surface area (Å²) in [5, 5.41) is 15.0. The lowest BCUT2D eigenvalue weighted by Crippen LogP contribution is -2.21. The molecule has 1 aliphatic rings. The van der Waals surface area contributed by atoms with Crippen LogP contribution in [0, 0.1) is 12.8 Å². The molecule has 27 heavy (non-hydrogen) atoms. The van der Waals surface area contributed by atoms with Gasteiger partial charge in [-0.05, 0) is 49.4 Å². The lowest BCUT2D eigenvalue weighted by Gasteiger charge is -2.26. The number of fused-ring (bicyclic) bond motifs is 1. The highest BCUT2D eigenvalue weighted by Gasteiger charge is 2.27. The second-order valence-corrected chi connectivity index (χ2v) is 7.98. The SMILES string of the molecule is CNc1ncc(-c2ccc3c(C)c(C(O)C4CCOCC4)sc3n2)cc1N. The van der Waals surface area contributed by atoms with Crippen LogP contribution in [0.15, 0.2) is 24.4 Å². The van der Waals surface area contributed by atoms with Crippen LogP contribution >= 0.6 is 11.3 Å². The Morgan fingerprint density at radius 1 is 1.33 bits per heavy atom. The zero-order valence-electron chi connectivity index (χ0n) is 15.5. The molecule has 1 unspecified atom stereocenters. The van der Waals surface area contributed by atoms with E-state index in [1.54, 1.807) is 24.6 Å². The van der Waals surface area contributed by atoms with Crippen molar-refractivity contribution < 1.29 is 9.84 Å². The molecule has 3 aromatic heterocycles. The molecule has 6 nitrogen and oxygen atoms in total. The molecule has 1 saturated heterocycles. The van der Waals surface area contributed by atoms with Crippen molar-refractivity contribution in [1.82, 2.24) is 9.97 Å². The molecule has 4 heterocycles. The molecule has 0 saturated carbocycles. The smallest absolute Gasteiger partial charge is 0.148 e. The number of rotatable bonds is 4. The summed E-state index contributed by atoms with van der Waals surface area (Å²) in [5.41, 5.74) is 9.46. The minimum absolute atomic E-state index is 0.253. The van der Waals surface area contributed by atoms with Crippen molar-refractivity contribution in [3.63, 3.8) is 0 Å². The van der Waals surface area contributed by atoms with Crippen LogP contribution in [-0.2, 0) is 4.74 Å². The summed E-state index contributed by atoms with van der Waals surface area (Å²) < 4.78 is 5.43. The van der Waals surface area contributed by atoms with E-state index in [0.717, 1.165) is 58.0 Å². The second kappa shape index (κ2) is 7.42. The molecule has 0 bridgehead atoms. The van der Waals surface area contributed by atoms with Crippen LogP contribution in [0.5, 0.6) is 0 Å². The number of anilines is 2. The Morgan fingerprint density at radius 2 is 2.11 bits per heavy atom. The third-order valence-corrected chi connectivity index (χ3v) is 6.54. The highest BCUT2D eigenvalue weighted by Crippen LogP contribution is 2.40. The predicted octanol–water partition coefficient (Wildman–Crippen LogP) is 3.75. The fourth-order valence-electron chi connectivity index (χ4n) is 3.64. The number of hydrogen-bond donors (Lipinski definition) is 3. The highest BCUT2D eigenvalue weighted by atomic mass is 32.1. The van der Waals surface area contributed by atoms with Gasteiger partial charge < -0.3 is 20.9 Å². The minimum Gasteiger partial charge on any atom is -0.396 e. The summed E-state index contributed by atoms with van der Waals surface area (Å²) in [6.07, 6.45) is 3.12. The Kier molecular flexibility index (Phi) is 4.99. The van der Waals surface area contributed by atoms with Crippen LogP contribution in [-0.4, -0.2) is 35.3 Å². The van der Waals surface area contributed by atoms with Gasteiger partial charge in [-0.2, -0.15) is 0 Å². The van der Waals surface area contributed by atoms with Gasteiger partial charge >= 0.3 is 0 Å². The number of thiophene rings is 1. The first-order valence-corrected chi connectivity index (χ1v) is 9.99. The summed E-state index contributed by atoms with van der Waals surface area (Å²) in [6.45, 7) is 3.52. The molecule has 4 N–H and O–H groups in total. The number of nitrogens with two attached hydrogens (primary N) is 1. The van der Waals surface area contributed by atoms with E-state index in [4.69, 9.17) is 15.5 Å². The normalized spacial score (nSPS) is 16.6. The van der Waals surface area contributed by atoms with Crippen LogP contribution in [0.2, 0.25) is 0 Å². The van der Waals surface area contributed by atoms with E-state index < -0.39 is 6.10 Å². The fraction of sp³-hybridized carbons (Fsp3) is 0.400. The van der Waals surface area contributed by atoms with E-state index in [0.29, 0.717) is 11.5 Å². The van der Waals surface area contributed by atoms with Gasteiger partial charge in [0.2, 0.25) is 0 Å². The molecule has 4 rings (SSSR count). The van der Waals surface area contributed by atoms with Gasteiger partial charge in [-0.25, -0.2) is 9.97 Å². The average Bonchev–Trinajstić information content (AvgIpc) is 3.04. The highest BCUT2D eigenvalue weighted by molar-refractivity contribution is 7.18. The number of aliphatic hydroxyl groups is 1. The molecule has 0 aromatic carbocycles. The minimum atomic E-state index is -0.455. The molecule has 0 radical (unpaired) electrons. The standard InChI is InChI=1S/C20H24N4O2S/c1-11-14-3-4-16(13-9-15(21)19(22-2)23-10-13)24-20(14)27-18(11)17(25)12-5-7-26-8-6-12/h3-4,9-10,12,17,25H,5-8,21H2,1-2H3,(H,22,23). The number of nitrogen functional groups attached to an aromatic ring is 1. The van der Waals surface area contributed by atoms with Crippen molar-refractivity contribution in [2.75, 3.05) is 31.3 Å². The van der Waals surface area contributed by atoms with Gasteiger partial charge in [0.1, 0.15) is 10.6 Å². The maximum Gasteiger partial charge on any atom is 0.148 e. The molecule has 0 aliphatic carbocycles. The van der Waals surface area contributed by atoms with Gasteiger partial charge in [-0.15, -0.1) is 11.3 Å². The summed E-state index contributed by atoms with van der Waals surface area (Å²) in [6, 6.07) is 5.94. The van der Waals surface area contributed by atoms with E-state index in [2.05, 4.69) is 23.3 Å². The number of ether oxygens (including phenoxy) is 1. The third kappa shape index (κ3) is 3.38. The zero-order valence-corrected chi connectivity index (χ0v) is 16.3. The molecule has 142 valence electrons. The molecule has 1 aliphatic heterocycles. The van der Waals surface area contributed by atoms with E-state index in [9.17, 15) is 5.11 Å². The molecule has 1 atom stereocenters. The Hall–Kier alpha value is -2.22. The van der Waals surface area contributed by atoms with Crippen molar-refractivity contribution in [1.29, 1.82) is 0 Å². The Labute approximate surface area is 162 Å². The van der Waals surface area contributed by atoms with Gasteiger partial charge in [0, 0.05) is 42.3 Å². The molecule has 1 fully saturated rings. The Morgan fingerprint density at radius 3 is 2.81 bits per heavy atom. The first kappa shape index (κ1) is 18.2. The van der Waals surface area contributed by atoms with E-state index >= 15 is 0 Å². The number of pyridine rings is 2. The largest absolute Gasteiger partial charge is 0.396 e. The molecular weight excluding hydrogens is 360 g/mol. The zero-order chi connectivity index (χ0) is 19.0. The maximum absolute atomic E-state index is 10.9. The summed E-state index contributed by atoms with van der Waals surface area (Å²) in [4.78, 5) is 11.1. The molecule has 0 spiro atoms. The van der Waals surface area contributed by atoms with Crippen LogP contribution in [0.3, 0.4) is 0 Å². The maximum atomic E-state index is 10.9. The van der Waals surface area contributed by atoms with Gasteiger partial charge in [-0.3, -0.25) is 0 Å². The topological polar surface area (TPSA) is 93.3 Å². The first-order valence-electron chi connectivity index (χ1n) is 9.18. The number of aryl methyl sites for hydroxylation is 1. The molecular formula is C20H24N4O2S. The molecule has 0 amide bonds. The van der Waals surface area contributed by atoms with Crippen molar-refractivity contribution in [2.45, 2.75) is 25.9 Å². The van der Waals surface area contributed by atoms with Crippen LogP contribution in [0.1, 0.15) is 29.4 Å². The van der Waals surface area contributed by atoms with Gasteiger partial charge in [0.25, 0.3) is 0 Å². The Bertz CT molecular complexity index is 966. The molecule has 3 aromatic rings. The molecule has 7 heteroatoms. The van der Waals surface area contributed by atoms with Gasteiger partial charge in [0.15, 0.2) is 0 Å². The van der Waals surface area contributed by atoms with Crippen LogP contribution in [0.25, 0.3) is 21.5 Å². The number of hydrogen-bond acceptors (Lipinski definition) is 7. The first-order chi connectivity index (χ1) is 13.1. The monoisotopic (exact) mass is 384 g/mol. The van der Waals surface area contributed by atoms with E-state index in [-0.39, 0.29) is 5.92 Å². The number of nitrogens with one attached hydrogen (secondary N) is 1. The van der Waals surface area contributed by atoms with Crippen molar-refractivity contribution >= 4 is 33.1 Å². The quantitative estimate of drug-likeness (QED) is 0.634. The van der Waals surface area contributed by atoms with Gasteiger partial charge in [0.05, 0.1) is 17.5 Å². The lowest BCUT2D eigenvalue weighted by molar-refractivity contribution is 0.00837. The summed E-state index contributed by atoms with van der Waals surface area (Å²) in [7, 11) is 1.79. The van der Waals surface area contributed by atoms with Crippen LogP contribution < -0.4 is 11.1 Å². The fourth-order valence-corrected chi connectivity index (χ4v) is 4.90. The third-order valence-electron chi connectivity index (χ3n) is 5.27. The van der Waals surface area contributed by atoms with Gasteiger partial charge in [-0.1, -0.05) is 0 Å². The number of aromatic nitrogens is 2. The van der Waals surface area contributed by atoms with Crippen molar-refractivity contribution in [2.24, 2.45) is 5.92 Å². The summed E-state index contributed by atoms with van der Waals surface area (Å²) in [5.74, 6) is 0.914. The van der Waals surface area contributed by atoms with Crippen LogP contribution in [0.4, 0.5) is 11.5 Å². The number of nitrogens with zero attached hydrogens (tertiary/aromatic N) is 2. The number of aliphatic hydroxyl groups excluding tert-OH is 1. The lowest BCUT2D eigenvalue weighted by atomic mass is 9.91. The van der Waals surface area contributed by atoms with Crippen molar-refractivity contribution in [3.8, 4) is 11.3 Å². The Balaban J connectivity index is 1.69. The second-order valence-electron chi connectivity index (χ2n) is 6.95. The predicted molar refractivity (Wildman–Crippen MR) is 110 cm³/mol. The van der Waals surface area contributed by atoms with E-state index in [1.807, 2.05) is 12.1 Å². The van der Waals surface area contributed by atoms with E-state index in [1.165, 1.54) is 0 Å². The van der Waals surface area contributed by atoms with Crippen molar-refractivity contribution in [3.05, 3.63) is 34.8 Å². The average molecular weight is 385 g/mol.